The van der Waals surface area contributed by atoms with Crippen LogP contribution in [0.4, 0.5) is 5.69 Å². The molecule has 1 heterocycles. The van der Waals surface area contributed by atoms with Crippen molar-refractivity contribution in [2.45, 2.75) is 12.8 Å². The van der Waals surface area contributed by atoms with E-state index in [9.17, 15) is 9.59 Å². The van der Waals surface area contributed by atoms with E-state index in [-0.39, 0.29) is 24.3 Å². The number of hydrogen-bond acceptors (Lipinski definition) is 5. The molecule has 0 aromatic heterocycles. The number of anilines is 1. The van der Waals surface area contributed by atoms with Gasteiger partial charge in [-0.3, -0.25) is 14.6 Å². The molecule has 1 aromatic rings. The van der Waals surface area contributed by atoms with E-state index in [2.05, 4.69) is 15.6 Å². The monoisotopic (exact) mass is 319 g/mol. The van der Waals surface area contributed by atoms with Gasteiger partial charge in [-0.15, -0.1) is 0 Å². The van der Waals surface area contributed by atoms with Crippen LogP contribution in [0, 0.1) is 5.92 Å². The van der Waals surface area contributed by atoms with Gasteiger partial charge in [0.1, 0.15) is 5.75 Å². The second kappa shape index (κ2) is 6.83. The summed E-state index contributed by atoms with van der Waals surface area (Å²) in [5.74, 6) is 1.41. The van der Waals surface area contributed by atoms with E-state index >= 15 is 0 Å². The summed E-state index contributed by atoms with van der Waals surface area (Å²) < 4.78 is 5.45. The number of amides is 2. The molecule has 2 N–H and O–H groups in total. The minimum absolute atomic E-state index is 0.0474. The Bertz CT molecular complexity index is 614. The van der Waals surface area contributed by atoms with Crippen LogP contribution in [-0.2, 0) is 9.59 Å². The summed E-state index contributed by atoms with van der Waals surface area (Å²) in [5, 5.41) is 6.20. The molecule has 0 bridgehead atoms. The zero-order valence-electron chi connectivity index (χ0n) is 12.0. The molecule has 6 nitrogen and oxygen atoms in total. The zero-order valence-corrected chi connectivity index (χ0v) is 12.8. The second-order valence-electron chi connectivity index (χ2n) is 5.16. The molecule has 3 rings (SSSR count). The molecule has 1 saturated carbocycles. The van der Waals surface area contributed by atoms with Gasteiger partial charge in [0.25, 0.3) is 5.91 Å². The fourth-order valence-corrected chi connectivity index (χ4v) is 2.71. The van der Waals surface area contributed by atoms with Gasteiger partial charge >= 0.3 is 0 Å². The molecule has 0 atom stereocenters. The van der Waals surface area contributed by atoms with Crippen molar-refractivity contribution in [2.75, 3.05) is 24.2 Å². The normalized spacial score (nSPS) is 16.8. The second-order valence-corrected chi connectivity index (χ2v) is 6.25. The summed E-state index contributed by atoms with van der Waals surface area (Å²) in [6, 6.07) is 7.06. The van der Waals surface area contributed by atoms with Gasteiger partial charge in [-0.2, -0.15) is 0 Å². The maximum atomic E-state index is 11.7. The Hall–Kier alpha value is -2.02. The molecule has 2 amide bonds. The summed E-state index contributed by atoms with van der Waals surface area (Å²) in [5.41, 5.74) is 0.686. The standard InChI is InChI=1S/C15H17N3O3S/c19-13(18-15-16-6-7-22-15)9-21-12-3-1-2-11(8-12)17-14(20)10-4-5-10/h1-3,8,10H,4-7,9H2,(H,17,20)(H,16,18,19). The largest absolute Gasteiger partial charge is 0.484 e. The Labute approximate surface area is 132 Å². The Morgan fingerprint density at radius 2 is 2.18 bits per heavy atom. The molecule has 2 aliphatic rings. The van der Waals surface area contributed by atoms with E-state index in [0.29, 0.717) is 16.6 Å². The van der Waals surface area contributed by atoms with Crippen LogP contribution >= 0.6 is 11.8 Å². The maximum absolute atomic E-state index is 11.7. The first kappa shape index (κ1) is 14.9. The third-order valence-corrected chi connectivity index (χ3v) is 4.14. The van der Waals surface area contributed by atoms with Gasteiger partial charge in [0, 0.05) is 23.4 Å². The van der Waals surface area contributed by atoms with Crippen molar-refractivity contribution in [3.8, 4) is 5.75 Å². The van der Waals surface area contributed by atoms with Gasteiger partial charge in [-0.25, -0.2) is 0 Å². The highest BCUT2D eigenvalue weighted by molar-refractivity contribution is 8.14. The number of ether oxygens (including phenoxy) is 1. The molecule has 1 aliphatic carbocycles. The van der Waals surface area contributed by atoms with Crippen molar-refractivity contribution in [2.24, 2.45) is 10.9 Å². The highest BCUT2D eigenvalue weighted by Gasteiger charge is 2.29. The van der Waals surface area contributed by atoms with E-state index in [1.54, 1.807) is 24.3 Å². The molecular weight excluding hydrogens is 302 g/mol. The minimum Gasteiger partial charge on any atom is -0.484 e. The predicted octanol–water partition coefficient (Wildman–Crippen LogP) is 1.63. The summed E-state index contributed by atoms with van der Waals surface area (Å²) in [6.07, 6.45) is 1.92. The number of nitrogens with one attached hydrogen (secondary N) is 2. The Morgan fingerprint density at radius 1 is 1.32 bits per heavy atom. The average molecular weight is 319 g/mol. The number of hydrogen-bond donors (Lipinski definition) is 2. The summed E-state index contributed by atoms with van der Waals surface area (Å²) >= 11 is 1.53. The molecule has 0 radical (unpaired) electrons. The molecule has 7 heteroatoms. The van der Waals surface area contributed by atoms with Gasteiger partial charge < -0.3 is 15.4 Å². The Balaban J connectivity index is 1.49. The van der Waals surface area contributed by atoms with Gasteiger partial charge in [-0.1, -0.05) is 17.8 Å². The van der Waals surface area contributed by atoms with Crippen LogP contribution in [-0.4, -0.2) is 35.9 Å². The number of rotatable bonds is 5. The smallest absolute Gasteiger partial charge is 0.263 e. The fraction of sp³-hybridized carbons (Fsp3) is 0.400. The Kier molecular flexibility index (Phi) is 4.62. The SMILES string of the molecule is O=C(COc1cccc(NC(=O)C2CC2)c1)NC1=NCCS1. The molecule has 1 aromatic carbocycles. The lowest BCUT2D eigenvalue weighted by atomic mass is 10.3. The molecule has 116 valence electrons. The van der Waals surface area contributed by atoms with E-state index in [0.717, 1.165) is 25.1 Å². The third kappa shape index (κ3) is 4.24. The van der Waals surface area contributed by atoms with Crippen molar-refractivity contribution in [3.05, 3.63) is 24.3 Å². The fourth-order valence-electron chi connectivity index (χ4n) is 1.97. The lowest BCUT2D eigenvalue weighted by Gasteiger charge is -2.09. The predicted molar refractivity (Wildman–Crippen MR) is 86.2 cm³/mol. The van der Waals surface area contributed by atoms with E-state index < -0.39 is 0 Å². The van der Waals surface area contributed by atoms with Crippen molar-refractivity contribution < 1.29 is 14.3 Å². The van der Waals surface area contributed by atoms with Crippen LogP contribution in [0.15, 0.2) is 29.3 Å². The van der Waals surface area contributed by atoms with E-state index in [1.807, 2.05) is 0 Å². The lowest BCUT2D eigenvalue weighted by Crippen LogP contribution is -2.32. The number of amidine groups is 1. The first-order chi connectivity index (χ1) is 10.7. The number of benzene rings is 1. The van der Waals surface area contributed by atoms with E-state index in [1.165, 1.54) is 11.8 Å². The van der Waals surface area contributed by atoms with Crippen LogP contribution < -0.4 is 15.4 Å². The molecule has 22 heavy (non-hydrogen) atoms. The minimum atomic E-state index is -0.236. The Morgan fingerprint density at radius 3 is 2.91 bits per heavy atom. The molecular formula is C15H17N3O3S. The lowest BCUT2D eigenvalue weighted by molar-refractivity contribution is -0.121. The van der Waals surface area contributed by atoms with Crippen LogP contribution in [0.25, 0.3) is 0 Å². The zero-order chi connectivity index (χ0) is 15.4. The summed E-state index contributed by atoms with van der Waals surface area (Å²) in [7, 11) is 0. The van der Waals surface area contributed by atoms with Crippen LogP contribution in [0.2, 0.25) is 0 Å². The average Bonchev–Trinajstić information content (AvgIpc) is 3.25. The van der Waals surface area contributed by atoms with E-state index in [4.69, 9.17) is 4.74 Å². The van der Waals surface area contributed by atoms with Crippen molar-refractivity contribution in [3.63, 3.8) is 0 Å². The number of thioether (sulfide) groups is 1. The van der Waals surface area contributed by atoms with Gasteiger partial charge in [-0.05, 0) is 25.0 Å². The van der Waals surface area contributed by atoms with Crippen LogP contribution in [0.3, 0.4) is 0 Å². The van der Waals surface area contributed by atoms with Crippen LogP contribution in [0.1, 0.15) is 12.8 Å². The summed E-state index contributed by atoms with van der Waals surface area (Å²) in [4.78, 5) is 27.6. The highest BCUT2D eigenvalue weighted by atomic mass is 32.2. The number of carbonyl (C=O) groups excluding carboxylic acids is 2. The molecule has 1 fully saturated rings. The van der Waals surface area contributed by atoms with Gasteiger partial charge in [0.15, 0.2) is 11.8 Å². The number of carbonyl (C=O) groups is 2. The molecule has 0 saturated heterocycles. The molecule has 1 aliphatic heterocycles. The summed E-state index contributed by atoms with van der Waals surface area (Å²) in [6.45, 7) is 0.656. The highest BCUT2D eigenvalue weighted by Crippen LogP contribution is 2.30. The van der Waals surface area contributed by atoms with Crippen LogP contribution in [0.5, 0.6) is 5.75 Å². The number of nitrogens with zero attached hydrogens (tertiary/aromatic N) is 1. The van der Waals surface area contributed by atoms with Gasteiger partial charge in [0.05, 0.1) is 6.54 Å². The van der Waals surface area contributed by atoms with Crippen molar-refractivity contribution in [1.82, 2.24) is 5.32 Å². The van der Waals surface area contributed by atoms with Crippen molar-refractivity contribution in [1.29, 1.82) is 0 Å². The quantitative estimate of drug-likeness (QED) is 0.864. The number of aliphatic imine (C=N–C) groups is 1. The first-order valence-electron chi connectivity index (χ1n) is 7.21. The topological polar surface area (TPSA) is 79.8 Å². The third-order valence-electron chi connectivity index (χ3n) is 3.25. The van der Waals surface area contributed by atoms with Gasteiger partial charge in [0.2, 0.25) is 5.91 Å². The maximum Gasteiger partial charge on any atom is 0.263 e. The van der Waals surface area contributed by atoms with Crippen molar-refractivity contribution >= 4 is 34.4 Å². The first-order valence-corrected chi connectivity index (χ1v) is 8.20. The molecule has 0 spiro atoms. The molecule has 0 unspecified atom stereocenters.